The lowest BCUT2D eigenvalue weighted by Gasteiger charge is -2.17. The van der Waals surface area contributed by atoms with Gasteiger partial charge in [-0.2, -0.15) is 0 Å². The summed E-state index contributed by atoms with van der Waals surface area (Å²) in [6.07, 6.45) is 3.29. The Kier molecular flexibility index (Phi) is 6.94. The van der Waals surface area contributed by atoms with E-state index in [-0.39, 0.29) is 6.54 Å². The molecule has 1 amide bonds. The Bertz CT molecular complexity index is 1600. The molecule has 1 atom stereocenters. The third kappa shape index (κ3) is 5.29. The minimum absolute atomic E-state index is 0.0457. The number of anilines is 2. The van der Waals surface area contributed by atoms with Crippen LogP contribution < -0.4 is 16.0 Å². The number of carboxylic acid groups (broad SMARTS) is 1. The first kappa shape index (κ1) is 24.4. The van der Waals surface area contributed by atoms with Crippen molar-refractivity contribution in [3.05, 3.63) is 90.8 Å². The van der Waals surface area contributed by atoms with E-state index >= 15 is 0 Å². The first-order valence-corrected chi connectivity index (χ1v) is 11.9. The molecule has 3 aromatic heterocycles. The topological polar surface area (TPSA) is 145 Å². The van der Waals surface area contributed by atoms with E-state index in [2.05, 4.69) is 35.9 Å². The molecular weight excluding hydrogens is 482 g/mol. The van der Waals surface area contributed by atoms with Gasteiger partial charge >= 0.3 is 5.97 Å². The van der Waals surface area contributed by atoms with Crippen molar-refractivity contribution in [2.24, 2.45) is 0 Å². The summed E-state index contributed by atoms with van der Waals surface area (Å²) in [5.41, 5.74) is 4.42. The third-order valence-corrected chi connectivity index (χ3v) is 6.01. The molecule has 2 aromatic carbocycles. The van der Waals surface area contributed by atoms with Crippen LogP contribution >= 0.6 is 0 Å². The molecule has 38 heavy (non-hydrogen) atoms. The van der Waals surface area contributed by atoms with Gasteiger partial charge in [0.2, 0.25) is 5.95 Å². The van der Waals surface area contributed by atoms with Gasteiger partial charge in [-0.1, -0.05) is 30.3 Å². The summed E-state index contributed by atoms with van der Waals surface area (Å²) in [6, 6.07) is 21.0. The van der Waals surface area contributed by atoms with Crippen LogP contribution in [0.5, 0.6) is 0 Å². The van der Waals surface area contributed by atoms with Gasteiger partial charge in [0.25, 0.3) is 5.91 Å². The highest BCUT2D eigenvalue weighted by Crippen LogP contribution is 2.26. The molecule has 0 aliphatic carbocycles. The largest absolute Gasteiger partial charge is 0.480 e. The number of pyridine rings is 1. The van der Waals surface area contributed by atoms with Gasteiger partial charge in [-0.05, 0) is 48.0 Å². The van der Waals surface area contributed by atoms with Crippen molar-refractivity contribution in [3.63, 3.8) is 0 Å². The van der Waals surface area contributed by atoms with Crippen molar-refractivity contribution < 1.29 is 14.7 Å². The zero-order valence-corrected chi connectivity index (χ0v) is 20.5. The fourth-order valence-electron chi connectivity index (χ4n) is 4.08. The number of nitrogens with zero attached hydrogens (tertiary/aromatic N) is 3. The molecule has 0 aliphatic rings. The Labute approximate surface area is 218 Å². The van der Waals surface area contributed by atoms with Gasteiger partial charge in [-0.25, -0.2) is 19.7 Å². The van der Waals surface area contributed by atoms with E-state index in [0.29, 0.717) is 23.0 Å². The van der Waals surface area contributed by atoms with E-state index in [1.165, 1.54) is 0 Å². The Morgan fingerprint density at radius 1 is 0.974 bits per heavy atom. The molecule has 0 fully saturated rings. The summed E-state index contributed by atoms with van der Waals surface area (Å²) in [5, 5.41) is 19.2. The SMILES string of the molecule is CNc1nccc(-c2cc3cc(C(=O)NC(CNc4ncccc4-c4ccccc4)C(=O)O)ccc3[nH]2)n1. The zero-order chi connectivity index (χ0) is 26.5. The van der Waals surface area contributed by atoms with Crippen LogP contribution in [0.25, 0.3) is 33.4 Å². The van der Waals surface area contributed by atoms with Crippen LogP contribution in [0.2, 0.25) is 0 Å². The van der Waals surface area contributed by atoms with Gasteiger partial charge in [-0.15, -0.1) is 0 Å². The summed E-state index contributed by atoms with van der Waals surface area (Å²) in [6.45, 7) is -0.0457. The standard InChI is InChI=1S/C28H25N7O3/c1-29-28-31-13-11-22(35-28)23-15-19-14-18(9-10-21(19)33-23)26(36)34-24(27(37)38)16-32-25-20(8-5-12-30-25)17-6-3-2-4-7-17/h2-15,24,33H,16H2,1H3,(H,30,32)(H,34,36)(H,37,38)(H,29,31,35). The van der Waals surface area contributed by atoms with Crippen LogP contribution in [-0.2, 0) is 4.79 Å². The summed E-state index contributed by atoms with van der Waals surface area (Å²) in [5.74, 6) is -0.618. The lowest BCUT2D eigenvalue weighted by molar-refractivity contribution is -0.138. The number of aromatic nitrogens is 4. The molecule has 0 radical (unpaired) electrons. The monoisotopic (exact) mass is 507 g/mol. The second kappa shape index (κ2) is 10.8. The van der Waals surface area contributed by atoms with Gasteiger partial charge < -0.3 is 26.0 Å². The van der Waals surface area contributed by atoms with Crippen molar-refractivity contribution in [2.45, 2.75) is 6.04 Å². The normalized spacial score (nSPS) is 11.6. The second-order valence-electron chi connectivity index (χ2n) is 8.51. The number of aromatic amines is 1. The Balaban J connectivity index is 1.31. The number of carboxylic acids is 1. The Hall–Kier alpha value is -5.25. The fourth-order valence-corrected chi connectivity index (χ4v) is 4.08. The molecule has 190 valence electrons. The van der Waals surface area contributed by atoms with E-state index < -0.39 is 17.9 Å². The second-order valence-corrected chi connectivity index (χ2v) is 8.51. The molecule has 3 heterocycles. The van der Waals surface area contributed by atoms with Crippen molar-refractivity contribution >= 4 is 34.5 Å². The van der Waals surface area contributed by atoms with Crippen LogP contribution in [0.3, 0.4) is 0 Å². The number of aliphatic carboxylic acids is 1. The Morgan fingerprint density at radius 2 is 1.82 bits per heavy atom. The number of carbonyl (C=O) groups excluding carboxylic acids is 1. The highest BCUT2D eigenvalue weighted by molar-refractivity contribution is 6.00. The molecule has 0 aliphatic heterocycles. The average molecular weight is 508 g/mol. The maximum absolute atomic E-state index is 13.0. The predicted octanol–water partition coefficient (Wildman–Crippen LogP) is 4.02. The lowest BCUT2D eigenvalue weighted by atomic mass is 10.1. The molecular formula is C28H25N7O3. The highest BCUT2D eigenvalue weighted by atomic mass is 16.4. The highest BCUT2D eigenvalue weighted by Gasteiger charge is 2.22. The number of fused-ring (bicyclic) bond motifs is 1. The van der Waals surface area contributed by atoms with Crippen molar-refractivity contribution in [3.8, 4) is 22.5 Å². The van der Waals surface area contributed by atoms with Crippen molar-refractivity contribution in [1.82, 2.24) is 25.3 Å². The van der Waals surface area contributed by atoms with E-state index in [4.69, 9.17) is 0 Å². The number of nitrogens with one attached hydrogen (secondary N) is 4. The smallest absolute Gasteiger partial charge is 0.328 e. The molecule has 0 bridgehead atoms. The molecule has 1 unspecified atom stereocenters. The minimum Gasteiger partial charge on any atom is -0.480 e. The zero-order valence-electron chi connectivity index (χ0n) is 20.5. The summed E-state index contributed by atoms with van der Waals surface area (Å²) >= 11 is 0. The van der Waals surface area contributed by atoms with Crippen LogP contribution in [0.1, 0.15) is 10.4 Å². The maximum Gasteiger partial charge on any atom is 0.328 e. The number of hydrogen-bond donors (Lipinski definition) is 5. The molecule has 5 rings (SSSR count). The minimum atomic E-state index is -1.17. The Morgan fingerprint density at radius 3 is 2.61 bits per heavy atom. The van der Waals surface area contributed by atoms with Gasteiger partial charge in [-0.3, -0.25) is 4.79 Å². The first-order valence-electron chi connectivity index (χ1n) is 11.9. The lowest BCUT2D eigenvalue weighted by Crippen LogP contribution is -2.45. The third-order valence-electron chi connectivity index (χ3n) is 6.01. The molecule has 5 aromatic rings. The van der Waals surface area contributed by atoms with Gasteiger partial charge in [0.1, 0.15) is 11.9 Å². The van der Waals surface area contributed by atoms with Crippen molar-refractivity contribution in [1.29, 1.82) is 0 Å². The van der Waals surface area contributed by atoms with Crippen LogP contribution in [-0.4, -0.2) is 56.6 Å². The molecule has 10 heteroatoms. The van der Waals surface area contributed by atoms with E-state index in [1.807, 2.05) is 48.5 Å². The molecule has 5 N–H and O–H groups in total. The number of rotatable bonds is 9. The van der Waals surface area contributed by atoms with E-state index in [1.54, 1.807) is 43.7 Å². The number of hydrogen-bond acceptors (Lipinski definition) is 7. The number of amides is 1. The summed E-state index contributed by atoms with van der Waals surface area (Å²) < 4.78 is 0. The number of H-pyrrole nitrogens is 1. The molecule has 0 saturated carbocycles. The van der Waals surface area contributed by atoms with Gasteiger partial charge in [0, 0.05) is 48.0 Å². The van der Waals surface area contributed by atoms with Crippen LogP contribution in [0.15, 0.2) is 85.2 Å². The quantitative estimate of drug-likeness (QED) is 0.201. The van der Waals surface area contributed by atoms with Gasteiger partial charge in [0.05, 0.1) is 11.4 Å². The van der Waals surface area contributed by atoms with Crippen LogP contribution in [0, 0.1) is 0 Å². The number of benzene rings is 2. The number of carbonyl (C=O) groups is 2. The summed E-state index contributed by atoms with van der Waals surface area (Å²) in [7, 11) is 1.74. The first-order chi connectivity index (χ1) is 18.5. The maximum atomic E-state index is 13.0. The molecule has 0 spiro atoms. The predicted molar refractivity (Wildman–Crippen MR) is 146 cm³/mol. The molecule has 0 saturated heterocycles. The van der Waals surface area contributed by atoms with E-state index in [9.17, 15) is 14.7 Å². The van der Waals surface area contributed by atoms with Gasteiger partial charge in [0.15, 0.2) is 0 Å². The average Bonchev–Trinajstić information content (AvgIpc) is 3.39. The summed E-state index contributed by atoms with van der Waals surface area (Å²) in [4.78, 5) is 41.2. The van der Waals surface area contributed by atoms with Crippen molar-refractivity contribution in [2.75, 3.05) is 24.2 Å². The van der Waals surface area contributed by atoms with E-state index in [0.717, 1.165) is 27.7 Å². The van der Waals surface area contributed by atoms with Crippen LogP contribution in [0.4, 0.5) is 11.8 Å². The fraction of sp³-hybridized carbons (Fsp3) is 0.107. The molecule has 10 nitrogen and oxygen atoms in total.